The summed E-state index contributed by atoms with van der Waals surface area (Å²) in [5.41, 5.74) is 0. The van der Waals surface area contributed by atoms with Gasteiger partial charge in [-0.15, -0.1) is 0 Å². The first kappa shape index (κ1) is 15.9. The summed E-state index contributed by atoms with van der Waals surface area (Å²) >= 11 is 0. The SMILES string of the molecule is CN(c1ncccc1F)S(=O)(=O)c1cnn(C2CCCCC2)c1. The minimum atomic E-state index is -3.88. The van der Waals surface area contributed by atoms with Crippen LogP contribution < -0.4 is 4.31 Å². The van der Waals surface area contributed by atoms with Crippen LogP contribution in [0.4, 0.5) is 10.2 Å². The molecule has 1 saturated carbocycles. The summed E-state index contributed by atoms with van der Waals surface area (Å²) in [6.45, 7) is 0. The molecule has 0 saturated heterocycles. The average molecular weight is 338 g/mol. The lowest BCUT2D eigenvalue weighted by Crippen LogP contribution is -2.28. The number of nitrogens with zero attached hydrogens (tertiary/aromatic N) is 4. The number of aromatic nitrogens is 3. The van der Waals surface area contributed by atoms with Crippen molar-refractivity contribution in [1.82, 2.24) is 14.8 Å². The van der Waals surface area contributed by atoms with E-state index < -0.39 is 15.8 Å². The molecule has 0 bridgehead atoms. The normalized spacial score (nSPS) is 16.4. The Labute approximate surface area is 135 Å². The standard InChI is InChI=1S/C15H19FN4O2S/c1-19(15-14(16)8-5-9-17-15)23(21,22)13-10-18-20(11-13)12-6-3-2-4-7-12/h5,8-12H,2-4,6-7H2,1H3. The lowest BCUT2D eigenvalue weighted by Gasteiger charge is -2.22. The second kappa shape index (κ2) is 6.27. The van der Waals surface area contributed by atoms with Gasteiger partial charge in [0.15, 0.2) is 11.6 Å². The maximum atomic E-state index is 13.8. The molecule has 0 amide bonds. The molecule has 0 aliphatic heterocycles. The zero-order valence-electron chi connectivity index (χ0n) is 12.9. The van der Waals surface area contributed by atoms with Crippen molar-refractivity contribution in [3.8, 4) is 0 Å². The first-order chi connectivity index (χ1) is 11.0. The molecule has 124 valence electrons. The topological polar surface area (TPSA) is 68.1 Å². The van der Waals surface area contributed by atoms with Gasteiger partial charge in [0.2, 0.25) is 0 Å². The third kappa shape index (κ3) is 3.08. The molecule has 0 aromatic carbocycles. The van der Waals surface area contributed by atoms with E-state index in [1.807, 2.05) is 0 Å². The van der Waals surface area contributed by atoms with Gasteiger partial charge in [-0.2, -0.15) is 5.10 Å². The number of halogens is 1. The van der Waals surface area contributed by atoms with Gasteiger partial charge in [-0.3, -0.25) is 8.99 Å². The average Bonchev–Trinajstić information content (AvgIpc) is 3.06. The molecule has 1 aliphatic rings. The Morgan fingerprint density at radius 1 is 1.30 bits per heavy atom. The highest BCUT2D eigenvalue weighted by atomic mass is 32.2. The third-order valence-electron chi connectivity index (χ3n) is 4.22. The minimum absolute atomic E-state index is 0.0515. The molecule has 0 radical (unpaired) electrons. The monoisotopic (exact) mass is 338 g/mol. The van der Waals surface area contributed by atoms with Crippen LogP contribution in [-0.4, -0.2) is 30.2 Å². The highest BCUT2D eigenvalue weighted by molar-refractivity contribution is 7.92. The van der Waals surface area contributed by atoms with Gasteiger partial charge in [-0.1, -0.05) is 19.3 Å². The Kier molecular flexibility index (Phi) is 4.34. The predicted octanol–water partition coefficient (Wildman–Crippen LogP) is 2.75. The second-order valence-corrected chi connectivity index (χ2v) is 7.70. The van der Waals surface area contributed by atoms with Crippen molar-refractivity contribution in [3.63, 3.8) is 0 Å². The lowest BCUT2D eigenvalue weighted by atomic mass is 9.96. The van der Waals surface area contributed by atoms with Crippen LogP contribution in [0.1, 0.15) is 38.1 Å². The van der Waals surface area contributed by atoms with E-state index in [2.05, 4.69) is 10.1 Å². The summed E-state index contributed by atoms with van der Waals surface area (Å²) in [4.78, 5) is 3.86. The van der Waals surface area contributed by atoms with Crippen LogP contribution in [0.3, 0.4) is 0 Å². The molecule has 0 atom stereocenters. The van der Waals surface area contributed by atoms with Gasteiger partial charge >= 0.3 is 0 Å². The third-order valence-corrected chi connectivity index (χ3v) is 5.92. The summed E-state index contributed by atoms with van der Waals surface area (Å²) in [7, 11) is -2.59. The fraction of sp³-hybridized carbons (Fsp3) is 0.467. The van der Waals surface area contributed by atoms with E-state index in [-0.39, 0.29) is 16.8 Å². The molecular formula is C15H19FN4O2S. The van der Waals surface area contributed by atoms with Gasteiger partial charge in [0.25, 0.3) is 10.0 Å². The molecule has 0 spiro atoms. The molecule has 0 N–H and O–H groups in total. The number of hydrogen-bond acceptors (Lipinski definition) is 4. The van der Waals surface area contributed by atoms with E-state index in [9.17, 15) is 12.8 Å². The van der Waals surface area contributed by atoms with E-state index in [1.165, 1.54) is 44.2 Å². The molecule has 3 rings (SSSR count). The Morgan fingerprint density at radius 3 is 2.74 bits per heavy atom. The highest BCUT2D eigenvalue weighted by Gasteiger charge is 2.27. The lowest BCUT2D eigenvalue weighted by molar-refractivity contribution is 0.329. The maximum Gasteiger partial charge on any atom is 0.268 e. The van der Waals surface area contributed by atoms with Crippen molar-refractivity contribution in [2.75, 3.05) is 11.4 Å². The van der Waals surface area contributed by atoms with Crippen LogP contribution in [0.2, 0.25) is 0 Å². The molecule has 23 heavy (non-hydrogen) atoms. The van der Waals surface area contributed by atoms with Crippen molar-refractivity contribution >= 4 is 15.8 Å². The Hall–Kier alpha value is -1.96. The molecule has 8 heteroatoms. The molecule has 2 aromatic rings. The summed E-state index contributed by atoms with van der Waals surface area (Å²) in [6, 6.07) is 2.84. The van der Waals surface area contributed by atoms with Crippen LogP contribution in [-0.2, 0) is 10.0 Å². The van der Waals surface area contributed by atoms with Gasteiger partial charge in [0.1, 0.15) is 4.90 Å². The molecule has 2 heterocycles. The second-order valence-electron chi connectivity index (χ2n) is 5.73. The van der Waals surface area contributed by atoms with Crippen molar-refractivity contribution in [3.05, 3.63) is 36.5 Å². The first-order valence-corrected chi connectivity index (χ1v) is 9.08. The van der Waals surface area contributed by atoms with E-state index >= 15 is 0 Å². The summed E-state index contributed by atoms with van der Waals surface area (Å²) in [5.74, 6) is -0.906. The van der Waals surface area contributed by atoms with Gasteiger partial charge in [-0.25, -0.2) is 17.8 Å². The molecule has 1 fully saturated rings. The Morgan fingerprint density at radius 2 is 2.04 bits per heavy atom. The maximum absolute atomic E-state index is 13.8. The number of hydrogen-bond donors (Lipinski definition) is 0. The molecule has 0 unspecified atom stereocenters. The molecular weight excluding hydrogens is 319 g/mol. The first-order valence-electron chi connectivity index (χ1n) is 7.64. The molecule has 2 aromatic heterocycles. The smallest absolute Gasteiger partial charge is 0.268 e. The van der Waals surface area contributed by atoms with Crippen molar-refractivity contribution in [2.24, 2.45) is 0 Å². The summed E-state index contributed by atoms with van der Waals surface area (Å²) in [6.07, 6.45) is 9.69. The van der Waals surface area contributed by atoms with E-state index in [1.54, 1.807) is 4.68 Å². The predicted molar refractivity (Wildman–Crippen MR) is 84.1 cm³/mol. The molecule has 6 nitrogen and oxygen atoms in total. The van der Waals surface area contributed by atoms with Crippen molar-refractivity contribution < 1.29 is 12.8 Å². The number of rotatable bonds is 4. The van der Waals surface area contributed by atoms with Crippen LogP contribution in [0.25, 0.3) is 0 Å². The number of sulfonamides is 1. The zero-order valence-corrected chi connectivity index (χ0v) is 13.7. The Bertz CT molecular complexity index is 784. The van der Waals surface area contributed by atoms with Crippen LogP contribution >= 0.6 is 0 Å². The van der Waals surface area contributed by atoms with Crippen molar-refractivity contribution in [2.45, 2.75) is 43.0 Å². The summed E-state index contributed by atoms with van der Waals surface area (Å²) < 4.78 is 41.7. The number of pyridine rings is 1. The van der Waals surface area contributed by atoms with Gasteiger partial charge in [0.05, 0.1) is 12.2 Å². The van der Waals surface area contributed by atoms with Gasteiger partial charge in [0, 0.05) is 19.4 Å². The van der Waals surface area contributed by atoms with Crippen LogP contribution in [0, 0.1) is 5.82 Å². The number of anilines is 1. The molecule has 1 aliphatic carbocycles. The van der Waals surface area contributed by atoms with Crippen LogP contribution in [0.5, 0.6) is 0 Å². The fourth-order valence-electron chi connectivity index (χ4n) is 2.88. The van der Waals surface area contributed by atoms with E-state index in [0.29, 0.717) is 0 Å². The van der Waals surface area contributed by atoms with E-state index in [0.717, 1.165) is 30.0 Å². The van der Waals surface area contributed by atoms with Gasteiger partial charge < -0.3 is 0 Å². The highest BCUT2D eigenvalue weighted by Crippen LogP contribution is 2.29. The van der Waals surface area contributed by atoms with Crippen molar-refractivity contribution in [1.29, 1.82) is 0 Å². The van der Waals surface area contributed by atoms with Crippen LogP contribution in [0.15, 0.2) is 35.6 Å². The zero-order chi connectivity index (χ0) is 16.4. The van der Waals surface area contributed by atoms with Gasteiger partial charge in [-0.05, 0) is 25.0 Å². The minimum Gasteiger partial charge on any atom is -0.268 e. The quantitative estimate of drug-likeness (QED) is 0.859. The Balaban J connectivity index is 1.88. The summed E-state index contributed by atoms with van der Waals surface area (Å²) in [5, 5.41) is 4.20. The largest absolute Gasteiger partial charge is 0.268 e. The fourth-order valence-corrected chi connectivity index (χ4v) is 3.98. The van der Waals surface area contributed by atoms with E-state index in [4.69, 9.17) is 0 Å².